The summed E-state index contributed by atoms with van der Waals surface area (Å²) in [5, 5.41) is 0. The van der Waals surface area contributed by atoms with Crippen LogP contribution in [0.15, 0.2) is 0 Å². The molecule has 0 amide bonds. The number of nitrogens with zero attached hydrogens (tertiary/aromatic N) is 1. The Balaban J connectivity index is 3.94. The summed E-state index contributed by atoms with van der Waals surface area (Å²) in [5.74, 6) is 0. The molecular formula is C19H43NO4P2. The van der Waals surface area contributed by atoms with Gasteiger partial charge in [-0.15, -0.1) is 17.2 Å². The van der Waals surface area contributed by atoms with E-state index in [2.05, 4.69) is 11.8 Å². The zero-order chi connectivity index (χ0) is 19.5. The molecule has 0 fully saturated rings. The third-order valence-electron chi connectivity index (χ3n) is 3.78. The van der Waals surface area contributed by atoms with Gasteiger partial charge in [0.05, 0.1) is 0 Å². The topological polar surface area (TPSA) is 40.2 Å². The van der Waals surface area contributed by atoms with E-state index >= 15 is 0 Å². The van der Waals surface area contributed by atoms with Crippen molar-refractivity contribution in [3.8, 4) is 0 Å². The van der Waals surface area contributed by atoms with Gasteiger partial charge in [-0.05, 0) is 53.0 Å². The predicted molar refractivity (Wildman–Crippen MR) is 117 cm³/mol. The molecule has 26 heavy (non-hydrogen) atoms. The smallest absolute Gasteiger partial charge is 0.161 e. The largest absolute Gasteiger partial charge is 0.353 e. The van der Waals surface area contributed by atoms with Crippen molar-refractivity contribution in [1.82, 2.24) is 4.90 Å². The highest BCUT2D eigenvalue weighted by Crippen LogP contribution is 2.17. The van der Waals surface area contributed by atoms with E-state index in [0.717, 1.165) is 55.9 Å². The molecule has 0 bridgehead atoms. The normalized spacial score (nSPS) is 12.9. The lowest BCUT2D eigenvalue weighted by Crippen LogP contribution is -2.30. The standard InChI is InChI=1S/C19H43NO4P2/c1-6-11-20(12-14-25-16-18(21-7-2)22-8-3)13-15-26-17-19(23-9-4)24-10-5/h18-19,25-26H,6-17H2,1-5H3. The van der Waals surface area contributed by atoms with Crippen LogP contribution in [0, 0.1) is 0 Å². The minimum Gasteiger partial charge on any atom is -0.353 e. The van der Waals surface area contributed by atoms with E-state index in [4.69, 9.17) is 18.9 Å². The van der Waals surface area contributed by atoms with Crippen LogP contribution in [0.3, 0.4) is 0 Å². The highest BCUT2D eigenvalue weighted by molar-refractivity contribution is 7.38. The summed E-state index contributed by atoms with van der Waals surface area (Å²) in [6, 6.07) is 0. The Labute approximate surface area is 165 Å². The lowest BCUT2D eigenvalue weighted by Gasteiger charge is -2.23. The fraction of sp³-hybridized carbons (Fsp3) is 1.00. The lowest BCUT2D eigenvalue weighted by molar-refractivity contribution is -0.120. The number of hydrogen-bond donors (Lipinski definition) is 0. The van der Waals surface area contributed by atoms with Gasteiger partial charge in [0.1, 0.15) is 0 Å². The van der Waals surface area contributed by atoms with E-state index in [1.807, 2.05) is 27.7 Å². The van der Waals surface area contributed by atoms with Gasteiger partial charge in [-0.1, -0.05) is 6.92 Å². The van der Waals surface area contributed by atoms with Crippen molar-refractivity contribution in [2.75, 3.05) is 70.7 Å². The van der Waals surface area contributed by atoms with Gasteiger partial charge in [-0.2, -0.15) is 0 Å². The minimum atomic E-state index is -0.0153. The summed E-state index contributed by atoms with van der Waals surface area (Å²) in [6.45, 7) is 16.8. The molecule has 0 rings (SSSR count). The molecule has 0 saturated heterocycles. The van der Waals surface area contributed by atoms with Gasteiger partial charge in [0.25, 0.3) is 0 Å². The maximum Gasteiger partial charge on any atom is 0.161 e. The molecule has 0 saturated carbocycles. The van der Waals surface area contributed by atoms with Crippen LogP contribution in [0.5, 0.6) is 0 Å². The summed E-state index contributed by atoms with van der Waals surface area (Å²) in [4.78, 5) is 2.60. The van der Waals surface area contributed by atoms with Gasteiger partial charge in [0, 0.05) is 51.8 Å². The zero-order valence-electron chi connectivity index (χ0n) is 17.7. The number of hydrogen-bond acceptors (Lipinski definition) is 5. The zero-order valence-corrected chi connectivity index (χ0v) is 19.7. The third kappa shape index (κ3) is 15.7. The summed E-state index contributed by atoms with van der Waals surface area (Å²) in [7, 11) is 1.80. The van der Waals surface area contributed by atoms with Gasteiger partial charge < -0.3 is 23.8 Å². The van der Waals surface area contributed by atoms with Crippen molar-refractivity contribution in [1.29, 1.82) is 0 Å². The van der Waals surface area contributed by atoms with E-state index in [0.29, 0.717) is 0 Å². The molecule has 0 aliphatic rings. The predicted octanol–water partition coefficient (Wildman–Crippen LogP) is 3.85. The summed E-state index contributed by atoms with van der Waals surface area (Å²) in [6.07, 6.45) is 5.70. The van der Waals surface area contributed by atoms with Crippen LogP contribution in [0.2, 0.25) is 0 Å². The fourth-order valence-electron chi connectivity index (χ4n) is 2.64. The second kappa shape index (κ2) is 20.4. The van der Waals surface area contributed by atoms with Crippen molar-refractivity contribution in [2.24, 2.45) is 0 Å². The van der Waals surface area contributed by atoms with Crippen molar-refractivity contribution in [2.45, 2.75) is 53.6 Å². The van der Waals surface area contributed by atoms with E-state index in [-0.39, 0.29) is 12.6 Å². The second-order valence-electron chi connectivity index (χ2n) is 5.93. The average Bonchev–Trinajstić information content (AvgIpc) is 2.62. The molecule has 0 aromatic rings. The van der Waals surface area contributed by atoms with Crippen LogP contribution in [0.1, 0.15) is 41.0 Å². The maximum atomic E-state index is 5.63. The first-order valence-corrected chi connectivity index (χ1v) is 13.1. The fourth-order valence-corrected chi connectivity index (χ4v) is 4.94. The molecule has 0 spiro atoms. The average molecular weight is 412 g/mol. The van der Waals surface area contributed by atoms with Gasteiger partial charge in [-0.3, -0.25) is 0 Å². The molecule has 5 nitrogen and oxygen atoms in total. The highest BCUT2D eigenvalue weighted by atomic mass is 31.1. The molecule has 0 aliphatic carbocycles. The van der Waals surface area contributed by atoms with Crippen LogP contribution < -0.4 is 0 Å². The van der Waals surface area contributed by atoms with Crippen molar-refractivity contribution in [3.63, 3.8) is 0 Å². The molecule has 0 heterocycles. The summed E-state index contributed by atoms with van der Waals surface area (Å²) < 4.78 is 22.5. The molecule has 7 heteroatoms. The molecule has 0 aromatic carbocycles. The van der Waals surface area contributed by atoms with Crippen molar-refractivity contribution >= 4 is 17.2 Å². The first kappa shape index (κ1) is 26.7. The first-order chi connectivity index (χ1) is 12.7. The summed E-state index contributed by atoms with van der Waals surface area (Å²) in [5.41, 5.74) is 0. The third-order valence-corrected chi connectivity index (χ3v) is 6.18. The van der Waals surface area contributed by atoms with Crippen LogP contribution in [0.4, 0.5) is 0 Å². The maximum absolute atomic E-state index is 5.63. The van der Waals surface area contributed by atoms with E-state index in [9.17, 15) is 0 Å². The second-order valence-corrected chi connectivity index (χ2v) is 8.75. The van der Waals surface area contributed by atoms with Gasteiger partial charge in [0.2, 0.25) is 0 Å². The molecule has 158 valence electrons. The Kier molecular flexibility index (Phi) is 20.9. The quantitative estimate of drug-likeness (QED) is 0.173. The lowest BCUT2D eigenvalue weighted by atomic mass is 10.4. The van der Waals surface area contributed by atoms with Gasteiger partial charge in [-0.25, -0.2) is 0 Å². The summed E-state index contributed by atoms with van der Waals surface area (Å²) >= 11 is 0. The molecule has 0 aliphatic heterocycles. The molecule has 0 N–H and O–H groups in total. The molecule has 0 aromatic heterocycles. The SMILES string of the molecule is CCCN(CCPCC(OCC)OCC)CCPCC(OCC)OCC. The highest BCUT2D eigenvalue weighted by Gasteiger charge is 2.10. The Hall–Kier alpha value is 0.660. The molecule has 2 unspecified atom stereocenters. The van der Waals surface area contributed by atoms with Crippen molar-refractivity contribution < 1.29 is 18.9 Å². The molecule has 2 atom stereocenters. The molecule has 0 radical (unpaired) electrons. The minimum absolute atomic E-state index is 0.0153. The number of rotatable bonds is 20. The monoisotopic (exact) mass is 411 g/mol. The van der Waals surface area contributed by atoms with E-state index in [1.54, 1.807) is 0 Å². The van der Waals surface area contributed by atoms with Crippen LogP contribution >= 0.6 is 17.2 Å². The van der Waals surface area contributed by atoms with Gasteiger partial charge >= 0.3 is 0 Å². The van der Waals surface area contributed by atoms with Gasteiger partial charge in [0.15, 0.2) is 12.6 Å². The Bertz CT molecular complexity index is 252. The number of ether oxygens (including phenoxy) is 4. The first-order valence-electron chi connectivity index (χ1n) is 10.3. The van der Waals surface area contributed by atoms with Crippen LogP contribution in [-0.4, -0.2) is 88.2 Å². The Morgan fingerprint density at radius 1 is 0.615 bits per heavy atom. The van der Waals surface area contributed by atoms with Crippen LogP contribution in [-0.2, 0) is 18.9 Å². The Morgan fingerprint density at radius 3 is 1.31 bits per heavy atom. The Morgan fingerprint density at radius 2 is 1.00 bits per heavy atom. The van der Waals surface area contributed by atoms with E-state index in [1.165, 1.54) is 38.4 Å². The van der Waals surface area contributed by atoms with Crippen molar-refractivity contribution in [3.05, 3.63) is 0 Å². The van der Waals surface area contributed by atoms with E-state index < -0.39 is 0 Å². The molecular weight excluding hydrogens is 368 g/mol. The van der Waals surface area contributed by atoms with Crippen LogP contribution in [0.25, 0.3) is 0 Å².